The summed E-state index contributed by atoms with van der Waals surface area (Å²) in [6.07, 6.45) is 0.578. The number of nitrogens with zero attached hydrogens (tertiary/aromatic N) is 5. The number of nitriles is 1. The van der Waals surface area contributed by atoms with Crippen molar-refractivity contribution < 1.29 is 14.3 Å². The number of tetrazole rings is 1. The highest BCUT2D eigenvalue weighted by molar-refractivity contribution is 6.39. The number of aryl methyl sites for hydroxylation is 1. The van der Waals surface area contributed by atoms with Crippen molar-refractivity contribution in [1.29, 1.82) is 5.26 Å². The van der Waals surface area contributed by atoms with Crippen LogP contribution in [0.1, 0.15) is 34.2 Å². The molecule has 38 heavy (non-hydrogen) atoms. The molecule has 0 bridgehead atoms. The van der Waals surface area contributed by atoms with Crippen LogP contribution in [0.3, 0.4) is 0 Å². The topological polar surface area (TPSA) is 115 Å². The number of nitrogens with one attached hydrogen (secondary N) is 1. The zero-order chi connectivity index (χ0) is 27.1. The predicted molar refractivity (Wildman–Crippen MR) is 143 cm³/mol. The van der Waals surface area contributed by atoms with Crippen molar-refractivity contribution in [3.63, 3.8) is 0 Å². The standard InChI is InChI=1S/C27H24Cl2N6O3/c1-37-22-8-4-9-23(38-2)24(22)18-12-10-17(11-13-18)16-21(26-32-33-34-35(26)15-5-14-30)31-27(36)25-19(28)6-3-7-20(25)29/h3-4,6-13,21H,5,15-16H2,1-2H3,(H,31,36)/t21-/m0/s1. The minimum atomic E-state index is -0.629. The van der Waals surface area contributed by atoms with Gasteiger partial charge in [-0.3, -0.25) is 4.79 Å². The van der Waals surface area contributed by atoms with E-state index in [1.807, 2.05) is 42.5 Å². The van der Waals surface area contributed by atoms with E-state index in [0.717, 1.165) is 16.7 Å². The van der Waals surface area contributed by atoms with Gasteiger partial charge < -0.3 is 14.8 Å². The molecule has 0 aliphatic heterocycles. The number of amides is 1. The summed E-state index contributed by atoms with van der Waals surface area (Å²) < 4.78 is 12.6. The fraction of sp³-hybridized carbons (Fsp3) is 0.222. The fourth-order valence-electron chi connectivity index (χ4n) is 4.11. The minimum absolute atomic E-state index is 0.162. The van der Waals surface area contributed by atoms with Gasteiger partial charge in [0.2, 0.25) is 0 Å². The average Bonchev–Trinajstić information content (AvgIpc) is 3.40. The summed E-state index contributed by atoms with van der Waals surface area (Å²) in [5.41, 5.74) is 2.82. The van der Waals surface area contributed by atoms with Crippen LogP contribution < -0.4 is 14.8 Å². The number of hydrogen-bond acceptors (Lipinski definition) is 7. The smallest absolute Gasteiger partial charge is 0.254 e. The van der Waals surface area contributed by atoms with Gasteiger partial charge in [0.05, 0.1) is 60.5 Å². The Morgan fingerprint density at radius 3 is 2.26 bits per heavy atom. The number of ether oxygens (including phenoxy) is 2. The first kappa shape index (κ1) is 26.9. The first-order chi connectivity index (χ1) is 18.5. The van der Waals surface area contributed by atoms with Crippen molar-refractivity contribution in [2.45, 2.75) is 25.4 Å². The highest BCUT2D eigenvalue weighted by Gasteiger charge is 2.25. The SMILES string of the molecule is COc1cccc(OC)c1-c1ccc(C[C@H](NC(=O)c2c(Cl)cccc2Cl)c2nnnn2CCC#N)cc1. The molecule has 0 spiro atoms. The minimum Gasteiger partial charge on any atom is -0.496 e. The first-order valence-electron chi connectivity index (χ1n) is 11.6. The molecule has 1 N–H and O–H groups in total. The third-order valence-electron chi connectivity index (χ3n) is 5.91. The fourth-order valence-corrected chi connectivity index (χ4v) is 4.68. The summed E-state index contributed by atoms with van der Waals surface area (Å²) in [5, 5.41) is 24.4. The molecule has 0 unspecified atom stereocenters. The van der Waals surface area contributed by atoms with Gasteiger partial charge in [0.1, 0.15) is 11.5 Å². The van der Waals surface area contributed by atoms with Gasteiger partial charge in [0.25, 0.3) is 5.91 Å². The maximum atomic E-state index is 13.2. The van der Waals surface area contributed by atoms with E-state index in [0.29, 0.717) is 23.7 Å². The van der Waals surface area contributed by atoms with Crippen LogP contribution >= 0.6 is 23.2 Å². The van der Waals surface area contributed by atoms with E-state index < -0.39 is 11.9 Å². The van der Waals surface area contributed by atoms with Crippen LogP contribution in [0, 0.1) is 11.3 Å². The summed E-state index contributed by atoms with van der Waals surface area (Å²) >= 11 is 12.5. The Hall–Kier alpha value is -4.13. The number of carbonyl (C=O) groups is 1. The zero-order valence-electron chi connectivity index (χ0n) is 20.7. The van der Waals surface area contributed by atoms with Gasteiger partial charge in [-0.25, -0.2) is 4.68 Å². The molecule has 0 saturated carbocycles. The van der Waals surface area contributed by atoms with Crippen molar-refractivity contribution >= 4 is 29.1 Å². The van der Waals surface area contributed by atoms with Crippen molar-refractivity contribution in [2.75, 3.05) is 14.2 Å². The maximum Gasteiger partial charge on any atom is 0.254 e. The lowest BCUT2D eigenvalue weighted by Crippen LogP contribution is -2.32. The molecule has 0 aliphatic carbocycles. The number of hydrogen-bond donors (Lipinski definition) is 1. The van der Waals surface area contributed by atoms with Gasteiger partial charge in [-0.2, -0.15) is 5.26 Å². The van der Waals surface area contributed by atoms with E-state index in [2.05, 4.69) is 26.9 Å². The summed E-state index contributed by atoms with van der Waals surface area (Å²) in [4.78, 5) is 13.2. The third-order valence-corrected chi connectivity index (χ3v) is 6.54. The molecule has 3 aromatic carbocycles. The van der Waals surface area contributed by atoms with Crippen LogP contribution in [-0.4, -0.2) is 40.3 Å². The van der Waals surface area contributed by atoms with Crippen LogP contribution in [-0.2, 0) is 13.0 Å². The lowest BCUT2D eigenvalue weighted by atomic mass is 9.98. The van der Waals surface area contributed by atoms with E-state index in [4.69, 9.17) is 37.9 Å². The molecule has 0 aliphatic rings. The second-order valence-corrected chi connectivity index (χ2v) is 9.04. The molecule has 0 radical (unpaired) electrons. The second kappa shape index (κ2) is 12.4. The van der Waals surface area contributed by atoms with E-state index in [1.54, 1.807) is 32.4 Å². The van der Waals surface area contributed by atoms with Crippen molar-refractivity contribution in [1.82, 2.24) is 25.5 Å². The van der Waals surface area contributed by atoms with E-state index in [-0.39, 0.29) is 28.6 Å². The molecule has 1 heterocycles. The average molecular weight is 551 g/mol. The predicted octanol–water partition coefficient (Wildman–Crippen LogP) is 5.29. The summed E-state index contributed by atoms with van der Waals surface area (Å²) in [5.74, 6) is 1.33. The Morgan fingerprint density at radius 2 is 1.66 bits per heavy atom. The highest BCUT2D eigenvalue weighted by atomic mass is 35.5. The van der Waals surface area contributed by atoms with E-state index in [1.165, 1.54) is 4.68 Å². The van der Waals surface area contributed by atoms with Crippen LogP contribution in [0.15, 0.2) is 60.7 Å². The highest BCUT2D eigenvalue weighted by Crippen LogP contribution is 2.38. The van der Waals surface area contributed by atoms with E-state index >= 15 is 0 Å². The molecule has 4 rings (SSSR count). The molecule has 1 atom stereocenters. The van der Waals surface area contributed by atoms with Crippen LogP contribution in [0.25, 0.3) is 11.1 Å². The molecule has 11 heteroatoms. The quantitative estimate of drug-likeness (QED) is 0.285. The first-order valence-corrected chi connectivity index (χ1v) is 12.4. The molecular weight excluding hydrogens is 527 g/mol. The summed E-state index contributed by atoms with van der Waals surface area (Å²) in [6, 6.07) is 19.7. The van der Waals surface area contributed by atoms with Gasteiger partial charge in [-0.1, -0.05) is 59.6 Å². The number of benzene rings is 3. The Bertz CT molecular complexity index is 1420. The largest absolute Gasteiger partial charge is 0.496 e. The molecule has 1 amide bonds. The molecule has 0 fully saturated rings. The Balaban J connectivity index is 1.66. The van der Waals surface area contributed by atoms with Crippen LogP contribution in [0.5, 0.6) is 11.5 Å². The van der Waals surface area contributed by atoms with Crippen LogP contribution in [0.2, 0.25) is 10.0 Å². The molecule has 4 aromatic rings. The lowest BCUT2D eigenvalue weighted by molar-refractivity contribution is 0.0934. The van der Waals surface area contributed by atoms with Gasteiger partial charge >= 0.3 is 0 Å². The molecular formula is C27H24Cl2N6O3. The van der Waals surface area contributed by atoms with Crippen molar-refractivity contribution in [2.24, 2.45) is 0 Å². The second-order valence-electron chi connectivity index (χ2n) is 8.23. The van der Waals surface area contributed by atoms with Crippen LogP contribution in [0.4, 0.5) is 0 Å². The Kier molecular flexibility index (Phi) is 8.79. The molecule has 9 nitrogen and oxygen atoms in total. The third kappa shape index (κ3) is 5.88. The number of methoxy groups -OCH3 is 2. The molecule has 1 aromatic heterocycles. The molecule has 194 valence electrons. The number of aromatic nitrogens is 4. The summed E-state index contributed by atoms with van der Waals surface area (Å²) in [6.45, 7) is 0.282. The lowest BCUT2D eigenvalue weighted by Gasteiger charge is -2.19. The van der Waals surface area contributed by atoms with Gasteiger partial charge in [0, 0.05) is 6.42 Å². The van der Waals surface area contributed by atoms with E-state index in [9.17, 15) is 4.79 Å². The Morgan fingerprint density at radius 1 is 1.03 bits per heavy atom. The van der Waals surface area contributed by atoms with Gasteiger partial charge in [-0.15, -0.1) is 5.10 Å². The monoisotopic (exact) mass is 550 g/mol. The van der Waals surface area contributed by atoms with Crippen molar-refractivity contribution in [3.05, 3.63) is 87.7 Å². The van der Waals surface area contributed by atoms with Gasteiger partial charge in [0.15, 0.2) is 5.82 Å². The zero-order valence-corrected chi connectivity index (χ0v) is 22.2. The van der Waals surface area contributed by atoms with Crippen molar-refractivity contribution in [3.8, 4) is 28.7 Å². The molecule has 0 saturated heterocycles. The number of rotatable bonds is 10. The normalized spacial score (nSPS) is 11.4. The number of halogens is 2. The summed E-state index contributed by atoms with van der Waals surface area (Å²) in [7, 11) is 3.23. The number of carbonyl (C=O) groups excluding carboxylic acids is 1. The Labute approximate surface area is 229 Å². The maximum absolute atomic E-state index is 13.2. The van der Waals surface area contributed by atoms with Gasteiger partial charge in [-0.05, 0) is 45.8 Å².